The summed E-state index contributed by atoms with van der Waals surface area (Å²) in [5, 5.41) is 3.50. The molecule has 0 aliphatic heterocycles. The van der Waals surface area contributed by atoms with E-state index >= 15 is 0 Å². The van der Waals surface area contributed by atoms with Crippen molar-refractivity contribution in [2.24, 2.45) is 0 Å². The largest absolute Gasteiger partial charge is 0.497 e. The number of hydrogen-bond donors (Lipinski definition) is 2. The highest BCUT2D eigenvalue weighted by Gasteiger charge is 2.13. The molecule has 22 heavy (non-hydrogen) atoms. The summed E-state index contributed by atoms with van der Waals surface area (Å²) >= 11 is 0. The maximum atomic E-state index is 12.3. The predicted molar refractivity (Wildman–Crippen MR) is 86.3 cm³/mol. The van der Waals surface area contributed by atoms with Gasteiger partial charge in [0.2, 0.25) is 5.91 Å². The molecule has 118 valence electrons. The molecule has 2 N–H and O–H groups in total. The van der Waals surface area contributed by atoms with Crippen LogP contribution in [-0.4, -0.2) is 30.3 Å². The second-order valence-electron chi connectivity index (χ2n) is 5.27. The van der Waals surface area contributed by atoms with Crippen LogP contribution in [0.5, 0.6) is 5.75 Å². The highest BCUT2D eigenvalue weighted by molar-refractivity contribution is 6.09. The van der Waals surface area contributed by atoms with Crippen molar-refractivity contribution in [3.63, 3.8) is 0 Å². The fraction of sp³-hybridized carbons (Fsp3) is 0.412. The first-order valence-corrected chi connectivity index (χ1v) is 7.60. The number of methoxy groups -OCH3 is 1. The van der Waals surface area contributed by atoms with Gasteiger partial charge < -0.3 is 15.0 Å². The Balaban J connectivity index is 1.99. The highest BCUT2D eigenvalue weighted by atomic mass is 16.5. The second kappa shape index (κ2) is 7.64. The van der Waals surface area contributed by atoms with Gasteiger partial charge >= 0.3 is 0 Å². The third-order valence-corrected chi connectivity index (χ3v) is 3.64. The summed E-state index contributed by atoms with van der Waals surface area (Å²) < 4.78 is 5.18. The number of nitrogens with one attached hydrogen (secondary N) is 2. The maximum Gasteiger partial charge on any atom is 0.220 e. The number of fused-ring (bicyclic) bond motifs is 1. The van der Waals surface area contributed by atoms with Crippen LogP contribution >= 0.6 is 0 Å². The van der Waals surface area contributed by atoms with E-state index in [1.807, 2.05) is 18.2 Å². The van der Waals surface area contributed by atoms with E-state index in [1.54, 1.807) is 13.3 Å². The van der Waals surface area contributed by atoms with Crippen molar-refractivity contribution in [2.45, 2.75) is 32.6 Å². The normalized spacial score (nSPS) is 10.6. The van der Waals surface area contributed by atoms with Gasteiger partial charge in [0.15, 0.2) is 5.78 Å². The summed E-state index contributed by atoms with van der Waals surface area (Å²) in [7, 11) is 1.59. The minimum absolute atomic E-state index is 0.0229. The minimum atomic E-state index is -0.108. The first-order chi connectivity index (χ1) is 10.7. The molecule has 1 aromatic carbocycles. The number of carbonyl (C=O) groups excluding carboxylic acids is 2. The van der Waals surface area contributed by atoms with Crippen molar-refractivity contribution in [3.05, 3.63) is 30.0 Å². The lowest BCUT2D eigenvalue weighted by Gasteiger charge is -2.04. The van der Waals surface area contributed by atoms with Gasteiger partial charge in [0, 0.05) is 29.1 Å². The van der Waals surface area contributed by atoms with Crippen LogP contribution in [0.15, 0.2) is 24.4 Å². The summed E-state index contributed by atoms with van der Waals surface area (Å²) in [6.07, 6.45) is 5.12. The zero-order valence-corrected chi connectivity index (χ0v) is 13.1. The van der Waals surface area contributed by atoms with Crippen LogP contribution in [0.4, 0.5) is 0 Å². The molecule has 1 aromatic heterocycles. The quantitative estimate of drug-likeness (QED) is 0.581. The summed E-state index contributed by atoms with van der Waals surface area (Å²) in [4.78, 5) is 27.0. The summed E-state index contributed by atoms with van der Waals surface area (Å²) in [6.45, 7) is 2.11. The molecule has 0 aliphatic rings. The molecule has 1 amide bonds. The lowest BCUT2D eigenvalue weighted by molar-refractivity contribution is -0.121. The lowest BCUT2D eigenvalue weighted by Crippen LogP contribution is -2.29. The van der Waals surface area contributed by atoms with Crippen molar-refractivity contribution in [3.8, 4) is 5.75 Å². The zero-order chi connectivity index (χ0) is 15.9. The number of carbonyl (C=O) groups is 2. The number of aromatic amines is 1. The Morgan fingerprint density at radius 1 is 1.27 bits per heavy atom. The Kier molecular flexibility index (Phi) is 5.58. The van der Waals surface area contributed by atoms with Crippen LogP contribution in [0, 0.1) is 0 Å². The fourth-order valence-corrected chi connectivity index (χ4v) is 2.36. The van der Waals surface area contributed by atoms with Gasteiger partial charge in [-0.1, -0.05) is 19.8 Å². The number of ketones is 1. The number of hydrogen-bond acceptors (Lipinski definition) is 3. The molecule has 5 nitrogen and oxygen atoms in total. The number of Topliss-reactive ketones (excluding diaryl/α,β-unsaturated/α-hetero) is 1. The minimum Gasteiger partial charge on any atom is -0.497 e. The van der Waals surface area contributed by atoms with Crippen molar-refractivity contribution in [1.82, 2.24) is 10.3 Å². The van der Waals surface area contributed by atoms with Crippen LogP contribution in [0.3, 0.4) is 0 Å². The number of unbranched alkanes of at least 4 members (excludes halogenated alkanes) is 2. The molecule has 0 bridgehead atoms. The monoisotopic (exact) mass is 302 g/mol. The molecule has 2 rings (SSSR count). The van der Waals surface area contributed by atoms with Crippen LogP contribution in [0.2, 0.25) is 0 Å². The SMILES string of the molecule is CCCCCC(=O)NCC(=O)c1c[nH]c2ccc(OC)cc12. The Hall–Kier alpha value is -2.30. The van der Waals surface area contributed by atoms with E-state index in [0.717, 1.165) is 30.2 Å². The van der Waals surface area contributed by atoms with Gasteiger partial charge in [-0.2, -0.15) is 0 Å². The molecule has 0 radical (unpaired) electrons. The highest BCUT2D eigenvalue weighted by Crippen LogP contribution is 2.23. The van der Waals surface area contributed by atoms with Gasteiger partial charge in [-0.25, -0.2) is 0 Å². The van der Waals surface area contributed by atoms with Gasteiger partial charge in [0.05, 0.1) is 13.7 Å². The van der Waals surface area contributed by atoms with Crippen LogP contribution in [0.25, 0.3) is 10.9 Å². The predicted octanol–water partition coefficient (Wildman–Crippen LogP) is 3.06. The van der Waals surface area contributed by atoms with Crippen LogP contribution < -0.4 is 10.1 Å². The molecule has 0 atom stereocenters. The number of benzene rings is 1. The number of rotatable bonds is 8. The molecule has 0 spiro atoms. The van der Waals surface area contributed by atoms with E-state index < -0.39 is 0 Å². The van der Waals surface area contributed by atoms with Crippen LogP contribution in [0.1, 0.15) is 43.0 Å². The third-order valence-electron chi connectivity index (χ3n) is 3.64. The molecule has 1 heterocycles. The van der Waals surface area contributed by atoms with E-state index in [4.69, 9.17) is 4.74 Å². The molecular weight excluding hydrogens is 280 g/mol. The summed E-state index contributed by atoms with van der Waals surface area (Å²) in [5.41, 5.74) is 1.45. The lowest BCUT2D eigenvalue weighted by atomic mass is 10.1. The maximum absolute atomic E-state index is 12.3. The van der Waals surface area contributed by atoms with E-state index in [2.05, 4.69) is 17.2 Å². The van der Waals surface area contributed by atoms with Crippen molar-refractivity contribution >= 4 is 22.6 Å². The Morgan fingerprint density at radius 3 is 2.82 bits per heavy atom. The average Bonchev–Trinajstić information content (AvgIpc) is 2.95. The Bertz CT molecular complexity index is 661. The zero-order valence-electron chi connectivity index (χ0n) is 13.1. The van der Waals surface area contributed by atoms with Gasteiger partial charge in [-0.05, 0) is 24.6 Å². The standard InChI is InChI=1S/C17H22N2O3/c1-3-4-5-6-17(21)19-11-16(20)14-10-18-15-8-7-12(22-2)9-13(14)15/h7-10,18H,3-6,11H2,1-2H3,(H,19,21). The number of aromatic nitrogens is 1. The Morgan fingerprint density at radius 2 is 2.09 bits per heavy atom. The number of H-pyrrole nitrogens is 1. The van der Waals surface area contributed by atoms with E-state index in [1.165, 1.54) is 0 Å². The van der Waals surface area contributed by atoms with Crippen molar-refractivity contribution in [2.75, 3.05) is 13.7 Å². The fourth-order valence-electron chi connectivity index (χ4n) is 2.36. The smallest absolute Gasteiger partial charge is 0.220 e. The summed E-state index contributed by atoms with van der Waals surface area (Å²) in [6, 6.07) is 5.53. The third kappa shape index (κ3) is 3.87. The molecule has 0 aliphatic carbocycles. The average molecular weight is 302 g/mol. The van der Waals surface area contributed by atoms with Gasteiger partial charge in [-0.15, -0.1) is 0 Å². The molecule has 5 heteroatoms. The van der Waals surface area contributed by atoms with Crippen LogP contribution in [-0.2, 0) is 4.79 Å². The van der Waals surface area contributed by atoms with Gasteiger partial charge in [0.1, 0.15) is 5.75 Å². The van der Waals surface area contributed by atoms with Gasteiger partial charge in [0.25, 0.3) is 0 Å². The summed E-state index contributed by atoms with van der Waals surface area (Å²) in [5.74, 6) is 0.521. The molecule has 2 aromatic rings. The Labute approximate surface area is 130 Å². The molecule has 0 fully saturated rings. The van der Waals surface area contributed by atoms with E-state index in [0.29, 0.717) is 17.7 Å². The molecule has 0 saturated heterocycles. The second-order valence-corrected chi connectivity index (χ2v) is 5.27. The van der Waals surface area contributed by atoms with E-state index in [9.17, 15) is 9.59 Å². The first kappa shape index (κ1) is 16.1. The van der Waals surface area contributed by atoms with E-state index in [-0.39, 0.29) is 18.2 Å². The number of ether oxygens (including phenoxy) is 1. The van der Waals surface area contributed by atoms with Crippen molar-refractivity contribution < 1.29 is 14.3 Å². The van der Waals surface area contributed by atoms with Crippen molar-refractivity contribution in [1.29, 1.82) is 0 Å². The molecular formula is C17H22N2O3. The molecule has 0 saturated carbocycles. The number of amides is 1. The van der Waals surface area contributed by atoms with Gasteiger partial charge in [-0.3, -0.25) is 9.59 Å². The molecule has 0 unspecified atom stereocenters. The first-order valence-electron chi connectivity index (χ1n) is 7.60. The topological polar surface area (TPSA) is 71.2 Å².